The van der Waals surface area contributed by atoms with Gasteiger partial charge < -0.3 is 19.0 Å². The Kier molecular flexibility index (Phi) is 12.8. The van der Waals surface area contributed by atoms with Crippen LogP contribution in [0, 0.1) is 0 Å². The molecule has 0 fully saturated rings. The Morgan fingerprint density at radius 3 is 1.55 bits per heavy atom. The molecular formula is C15H35NO3Si. The zero-order valence-corrected chi connectivity index (χ0v) is 15.0. The third-order valence-corrected chi connectivity index (χ3v) is 7.25. The predicted octanol–water partition coefficient (Wildman–Crippen LogP) is 3.72. The molecule has 1 atom stereocenters. The highest BCUT2D eigenvalue weighted by atomic mass is 28.4. The van der Waals surface area contributed by atoms with Gasteiger partial charge in [0.2, 0.25) is 0 Å². The van der Waals surface area contributed by atoms with Crippen molar-refractivity contribution < 1.29 is 13.3 Å². The molecule has 0 aliphatic rings. The number of unbranched alkanes of at least 4 members (excludes halogenated alkanes) is 7. The minimum Gasteiger partial charge on any atom is -0.377 e. The molecule has 0 saturated heterocycles. The fraction of sp³-hybridized carbons (Fsp3) is 1.00. The molecule has 0 aliphatic carbocycles. The first kappa shape index (κ1) is 20.1. The summed E-state index contributed by atoms with van der Waals surface area (Å²) >= 11 is 0. The van der Waals surface area contributed by atoms with Crippen molar-refractivity contribution in [1.29, 1.82) is 0 Å². The van der Waals surface area contributed by atoms with Gasteiger partial charge in [0.1, 0.15) is 0 Å². The molecule has 0 spiro atoms. The van der Waals surface area contributed by atoms with Crippen LogP contribution in [0.5, 0.6) is 0 Å². The van der Waals surface area contributed by atoms with E-state index in [9.17, 15) is 0 Å². The van der Waals surface area contributed by atoms with E-state index in [2.05, 4.69) is 6.92 Å². The van der Waals surface area contributed by atoms with Crippen LogP contribution < -0.4 is 5.73 Å². The summed E-state index contributed by atoms with van der Waals surface area (Å²) in [6.07, 6.45) is 11.5. The van der Waals surface area contributed by atoms with Crippen LogP contribution in [0.1, 0.15) is 64.7 Å². The van der Waals surface area contributed by atoms with Gasteiger partial charge in [-0.1, -0.05) is 51.9 Å². The minimum atomic E-state index is -2.42. The molecule has 0 heterocycles. The minimum absolute atomic E-state index is 0.368. The lowest BCUT2D eigenvalue weighted by atomic mass is 10.1. The Balaban J connectivity index is 3.59. The van der Waals surface area contributed by atoms with Gasteiger partial charge in [0.25, 0.3) is 0 Å². The number of nitrogens with two attached hydrogens (primary N) is 1. The summed E-state index contributed by atoms with van der Waals surface area (Å²) in [7, 11) is 2.65. The first-order chi connectivity index (χ1) is 9.66. The standard InChI is InChI=1S/C15H35NO3Si/c1-15(20(17-2,18-3)19-4)13-11-9-7-5-6-8-10-12-14-16/h15H,5-14,16H2,1-4H3. The highest BCUT2D eigenvalue weighted by molar-refractivity contribution is 6.62. The molecule has 0 aromatic heterocycles. The Morgan fingerprint density at radius 2 is 1.15 bits per heavy atom. The molecule has 20 heavy (non-hydrogen) atoms. The highest BCUT2D eigenvalue weighted by Crippen LogP contribution is 2.29. The fourth-order valence-corrected chi connectivity index (χ4v) is 4.95. The zero-order valence-electron chi connectivity index (χ0n) is 14.0. The van der Waals surface area contributed by atoms with Crippen LogP contribution in [0.4, 0.5) is 0 Å². The summed E-state index contributed by atoms with van der Waals surface area (Å²) in [6, 6.07) is 0. The van der Waals surface area contributed by atoms with Crippen molar-refractivity contribution in [1.82, 2.24) is 0 Å². The van der Waals surface area contributed by atoms with Gasteiger partial charge in [0.15, 0.2) is 0 Å². The molecule has 4 nitrogen and oxygen atoms in total. The highest BCUT2D eigenvalue weighted by Gasteiger charge is 2.43. The second kappa shape index (κ2) is 12.8. The van der Waals surface area contributed by atoms with Crippen molar-refractivity contribution in [3.63, 3.8) is 0 Å². The van der Waals surface area contributed by atoms with Crippen LogP contribution in [-0.2, 0) is 13.3 Å². The van der Waals surface area contributed by atoms with Gasteiger partial charge >= 0.3 is 8.80 Å². The quantitative estimate of drug-likeness (QED) is 0.392. The van der Waals surface area contributed by atoms with Crippen molar-refractivity contribution in [2.75, 3.05) is 27.9 Å². The maximum absolute atomic E-state index is 5.52. The average Bonchev–Trinajstić information content (AvgIpc) is 2.48. The molecular weight excluding hydrogens is 270 g/mol. The normalized spacial score (nSPS) is 13.7. The second-order valence-corrected chi connectivity index (χ2v) is 8.94. The third-order valence-electron chi connectivity index (χ3n) is 4.05. The van der Waals surface area contributed by atoms with Gasteiger partial charge in [-0.25, -0.2) is 0 Å². The maximum atomic E-state index is 5.52. The van der Waals surface area contributed by atoms with Gasteiger partial charge in [0.05, 0.1) is 0 Å². The second-order valence-electron chi connectivity index (χ2n) is 5.52. The fourth-order valence-electron chi connectivity index (χ4n) is 2.69. The van der Waals surface area contributed by atoms with Crippen LogP contribution in [0.3, 0.4) is 0 Å². The van der Waals surface area contributed by atoms with Crippen LogP contribution in [0.15, 0.2) is 0 Å². The SMILES string of the molecule is CO[Si](OC)(OC)C(C)CCCCCCCCCCN. The summed E-state index contributed by atoms with van der Waals surface area (Å²) < 4.78 is 16.5. The summed E-state index contributed by atoms with van der Waals surface area (Å²) in [5.74, 6) is 0. The first-order valence-electron chi connectivity index (χ1n) is 8.02. The number of hydrogen-bond acceptors (Lipinski definition) is 4. The van der Waals surface area contributed by atoms with E-state index in [1.807, 2.05) is 0 Å². The first-order valence-corrected chi connectivity index (χ1v) is 9.82. The van der Waals surface area contributed by atoms with Gasteiger partial charge in [-0.2, -0.15) is 0 Å². The van der Waals surface area contributed by atoms with E-state index in [-0.39, 0.29) is 0 Å². The van der Waals surface area contributed by atoms with E-state index in [1.54, 1.807) is 21.3 Å². The third kappa shape index (κ3) is 7.74. The van der Waals surface area contributed by atoms with Gasteiger partial charge in [-0.05, 0) is 19.4 Å². The molecule has 0 saturated carbocycles. The van der Waals surface area contributed by atoms with Crippen molar-refractivity contribution in [3.05, 3.63) is 0 Å². The van der Waals surface area contributed by atoms with Crippen molar-refractivity contribution in [3.8, 4) is 0 Å². The summed E-state index contributed by atoms with van der Waals surface area (Å²) in [4.78, 5) is 0. The smallest absolute Gasteiger partial charge is 0.377 e. The van der Waals surface area contributed by atoms with Gasteiger partial charge in [-0.15, -0.1) is 0 Å². The zero-order chi connectivity index (χ0) is 15.3. The molecule has 1 unspecified atom stereocenters. The van der Waals surface area contributed by atoms with Gasteiger partial charge in [-0.3, -0.25) is 0 Å². The molecule has 0 aromatic carbocycles. The Morgan fingerprint density at radius 1 is 0.750 bits per heavy atom. The lowest BCUT2D eigenvalue weighted by Crippen LogP contribution is -2.46. The van der Waals surface area contributed by atoms with Crippen molar-refractivity contribution in [2.24, 2.45) is 5.73 Å². The summed E-state index contributed by atoms with van der Waals surface area (Å²) in [5, 5.41) is 0. The van der Waals surface area contributed by atoms with Crippen LogP contribution in [0.25, 0.3) is 0 Å². The number of hydrogen-bond donors (Lipinski definition) is 1. The van der Waals surface area contributed by atoms with Crippen LogP contribution in [0.2, 0.25) is 5.54 Å². The lowest BCUT2D eigenvalue weighted by molar-refractivity contribution is 0.111. The van der Waals surface area contributed by atoms with E-state index in [0.717, 1.165) is 13.0 Å². The summed E-state index contributed by atoms with van der Waals surface area (Å²) in [5.41, 5.74) is 5.85. The molecule has 0 rings (SSSR count). The van der Waals surface area contributed by atoms with Crippen molar-refractivity contribution >= 4 is 8.80 Å². The molecule has 122 valence electrons. The predicted molar refractivity (Wildman–Crippen MR) is 86.8 cm³/mol. The van der Waals surface area contributed by atoms with Gasteiger partial charge in [0, 0.05) is 26.9 Å². The topological polar surface area (TPSA) is 53.7 Å². The summed E-state index contributed by atoms with van der Waals surface area (Å²) in [6.45, 7) is 3.01. The van der Waals surface area contributed by atoms with E-state index in [1.165, 1.54) is 51.4 Å². The Hall–Kier alpha value is 0.0569. The Labute approximate surface area is 126 Å². The van der Waals surface area contributed by atoms with E-state index in [0.29, 0.717) is 5.54 Å². The maximum Gasteiger partial charge on any atom is 0.503 e. The molecule has 0 radical (unpaired) electrons. The monoisotopic (exact) mass is 305 g/mol. The van der Waals surface area contributed by atoms with E-state index in [4.69, 9.17) is 19.0 Å². The largest absolute Gasteiger partial charge is 0.503 e. The molecule has 2 N–H and O–H groups in total. The van der Waals surface area contributed by atoms with Crippen molar-refractivity contribution in [2.45, 2.75) is 70.3 Å². The molecule has 0 aliphatic heterocycles. The molecule has 0 bridgehead atoms. The van der Waals surface area contributed by atoms with E-state index < -0.39 is 8.80 Å². The average molecular weight is 306 g/mol. The Bertz CT molecular complexity index is 205. The molecule has 0 aromatic rings. The van der Waals surface area contributed by atoms with Crippen LogP contribution in [-0.4, -0.2) is 36.7 Å². The molecule has 0 amide bonds. The number of rotatable bonds is 14. The van der Waals surface area contributed by atoms with Crippen LogP contribution >= 0.6 is 0 Å². The van der Waals surface area contributed by atoms with E-state index >= 15 is 0 Å². The lowest BCUT2D eigenvalue weighted by Gasteiger charge is -2.30. The molecule has 5 heteroatoms.